The number of aromatic nitrogens is 1. The largest absolute Gasteiger partial charge is 0.364 e. The summed E-state index contributed by atoms with van der Waals surface area (Å²) in [4.78, 5) is 16.0. The molecule has 0 aliphatic carbocycles. The van der Waals surface area contributed by atoms with Gasteiger partial charge in [0.15, 0.2) is 0 Å². The topological polar surface area (TPSA) is 56.0 Å². The summed E-state index contributed by atoms with van der Waals surface area (Å²) in [6.07, 6.45) is 3.74. The van der Waals surface area contributed by atoms with Gasteiger partial charge in [-0.05, 0) is 48.8 Å². The molecule has 0 aliphatic heterocycles. The molecule has 0 fully saturated rings. The van der Waals surface area contributed by atoms with Crippen LogP contribution in [0, 0.1) is 0 Å². The number of unbranched alkanes of at least 4 members (excludes halogenated alkanes) is 1. The molecule has 3 rings (SSSR count). The summed E-state index contributed by atoms with van der Waals surface area (Å²) in [7, 11) is 0. The number of carbonyl (C=O) groups is 1. The second kappa shape index (κ2) is 7.45. The Morgan fingerprint density at radius 1 is 1.00 bits per heavy atom. The minimum atomic E-state index is -0.488. The lowest BCUT2D eigenvalue weighted by molar-refractivity contribution is 0.0995. The Balaban J connectivity index is 1.72. The van der Waals surface area contributed by atoms with E-state index in [1.54, 1.807) is 6.07 Å². The second-order valence-electron chi connectivity index (χ2n) is 5.84. The summed E-state index contributed by atoms with van der Waals surface area (Å²) in [6, 6.07) is 17.6. The van der Waals surface area contributed by atoms with Gasteiger partial charge in [0.25, 0.3) is 5.91 Å². The quantitative estimate of drug-likeness (QED) is 0.670. The van der Waals surface area contributed by atoms with Crippen molar-refractivity contribution in [2.75, 3.05) is 0 Å². The first-order valence-corrected chi connectivity index (χ1v) is 8.45. The molecule has 0 saturated heterocycles. The molecule has 0 bridgehead atoms. The van der Waals surface area contributed by atoms with E-state index < -0.39 is 5.91 Å². The Morgan fingerprint density at radius 3 is 2.50 bits per heavy atom. The van der Waals surface area contributed by atoms with Crippen molar-refractivity contribution in [2.24, 2.45) is 5.73 Å². The minimum absolute atomic E-state index is 0.329. The van der Waals surface area contributed by atoms with Crippen LogP contribution in [0.25, 0.3) is 10.8 Å². The minimum Gasteiger partial charge on any atom is -0.364 e. The maximum Gasteiger partial charge on any atom is 0.267 e. The molecule has 2 N–H and O–H groups in total. The summed E-state index contributed by atoms with van der Waals surface area (Å²) < 4.78 is 0. The van der Waals surface area contributed by atoms with Crippen LogP contribution in [0.1, 0.15) is 34.6 Å². The van der Waals surface area contributed by atoms with E-state index in [4.69, 9.17) is 17.3 Å². The summed E-state index contributed by atoms with van der Waals surface area (Å²) in [5.74, 6) is -0.488. The fourth-order valence-corrected chi connectivity index (χ4v) is 3.13. The number of pyridine rings is 1. The van der Waals surface area contributed by atoms with Crippen molar-refractivity contribution in [2.45, 2.75) is 25.7 Å². The third-order valence-corrected chi connectivity index (χ3v) is 4.51. The molecule has 3 nitrogen and oxygen atoms in total. The summed E-state index contributed by atoms with van der Waals surface area (Å²) >= 11 is 6.19. The Hall–Kier alpha value is -2.39. The monoisotopic (exact) mass is 338 g/mol. The average Bonchev–Trinajstić information content (AvgIpc) is 2.59. The van der Waals surface area contributed by atoms with Crippen LogP contribution in [-0.2, 0) is 12.8 Å². The Kier molecular flexibility index (Phi) is 5.11. The fraction of sp³-hybridized carbons (Fsp3) is 0.200. The second-order valence-corrected chi connectivity index (χ2v) is 6.25. The molecule has 24 heavy (non-hydrogen) atoms. The molecule has 0 atom stereocenters. The number of primary amides is 1. The van der Waals surface area contributed by atoms with Crippen molar-refractivity contribution in [3.63, 3.8) is 0 Å². The SMILES string of the molecule is NC(=O)c1cc2ccccc2c(CCCCc2ccccc2Cl)n1. The number of nitrogens with zero attached hydrogens (tertiary/aromatic N) is 1. The molecule has 0 radical (unpaired) electrons. The molecule has 1 amide bonds. The first-order chi connectivity index (χ1) is 11.6. The highest BCUT2D eigenvalue weighted by molar-refractivity contribution is 6.31. The number of halogens is 1. The van der Waals surface area contributed by atoms with Gasteiger partial charge in [0, 0.05) is 16.1 Å². The maximum absolute atomic E-state index is 11.5. The lowest BCUT2D eigenvalue weighted by atomic mass is 10.0. The van der Waals surface area contributed by atoms with Gasteiger partial charge in [-0.1, -0.05) is 54.1 Å². The number of aryl methyl sites for hydroxylation is 2. The third kappa shape index (κ3) is 3.74. The number of rotatable bonds is 6. The van der Waals surface area contributed by atoms with Gasteiger partial charge in [-0.3, -0.25) is 4.79 Å². The number of carbonyl (C=O) groups excluding carboxylic acids is 1. The number of hydrogen-bond acceptors (Lipinski definition) is 2. The zero-order chi connectivity index (χ0) is 16.9. The van der Waals surface area contributed by atoms with Crippen LogP contribution in [0.3, 0.4) is 0 Å². The number of hydrogen-bond donors (Lipinski definition) is 1. The zero-order valence-electron chi connectivity index (χ0n) is 13.3. The lowest BCUT2D eigenvalue weighted by Gasteiger charge is -2.08. The van der Waals surface area contributed by atoms with Crippen molar-refractivity contribution < 1.29 is 4.79 Å². The van der Waals surface area contributed by atoms with Crippen molar-refractivity contribution in [1.82, 2.24) is 4.98 Å². The molecule has 1 aromatic heterocycles. The summed E-state index contributed by atoms with van der Waals surface area (Å²) in [5.41, 5.74) is 7.83. The van der Waals surface area contributed by atoms with Gasteiger partial charge in [0.2, 0.25) is 0 Å². The molecule has 0 aliphatic rings. The van der Waals surface area contributed by atoms with E-state index in [1.807, 2.05) is 42.5 Å². The third-order valence-electron chi connectivity index (χ3n) is 4.14. The molecular formula is C20H19ClN2O. The van der Waals surface area contributed by atoms with Crippen molar-refractivity contribution in [3.8, 4) is 0 Å². The Labute approximate surface area is 146 Å². The molecule has 0 unspecified atom stereocenters. The lowest BCUT2D eigenvalue weighted by Crippen LogP contribution is -2.14. The maximum atomic E-state index is 11.5. The highest BCUT2D eigenvalue weighted by Gasteiger charge is 2.09. The summed E-state index contributed by atoms with van der Waals surface area (Å²) in [6.45, 7) is 0. The molecule has 2 aromatic carbocycles. The number of amides is 1. The average molecular weight is 339 g/mol. The van der Waals surface area contributed by atoms with Gasteiger partial charge in [-0.15, -0.1) is 0 Å². The van der Waals surface area contributed by atoms with E-state index in [0.717, 1.165) is 47.2 Å². The van der Waals surface area contributed by atoms with Crippen LogP contribution in [0.2, 0.25) is 5.02 Å². The van der Waals surface area contributed by atoms with Crippen LogP contribution >= 0.6 is 11.6 Å². The van der Waals surface area contributed by atoms with Crippen molar-refractivity contribution in [1.29, 1.82) is 0 Å². The van der Waals surface area contributed by atoms with Crippen molar-refractivity contribution >= 4 is 28.3 Å². The molecule has 0 saturated carbocycles. The fourth-order valence-electron chi connectivity index (χ4n) is 2.90. The van der Waals surface area contributed by atoms with Gasteiger partial charge in [-0.2, -0.15) is 0 Å². The first kappa shape index (κ1) is 16.5. The molecular weight excluding hydrogens is 320 g/mol. The highest BCUT2D eigenvalue weighted by Crippen LogP contribution is 2.21. The predicted octanol–water partition coefficient (Wildman–Crippen LogP) is 4.55. The Morgan fingerprint density at radius 2 is 1.71 bits per heavy atom. The summed E-state index contributed by atoms with van der Waals surface area (Å²) in [5, 5.41) is 2.90. The standard InChI is InChI=1S/C20H19ClN2O/c21-17-11-5-2-7-14(17)8-3-6-12-18-16-10-4-1-9-15(16)13-19(23-18)20(22)24/h1-2,4-5,7,9-11,13H,3,6,8,12H2,(H2,22,24). The highest BCUT2D eigenvalue weighted by atomic mass is 35.5. The Bertz CT molecular complexity index is 876. The molecule has 4 heteroatoms. The molecule has 3 aromatic rings. The molecule has 122 valence electrons. The smallest absolute Gasteiger partial charge is 0.267 e. The van der Waals surface area contributed by atoms with Gasteiger partial charge in [0.1, 0.15) is 5.69 Å². The van der Waals surface area contributed by atoms with E-state index in [9.17, 15) is 4.79 Å². The predicted molar refractivity (Wildman–Crippen MR) is 98.4 cm³/mol. The van der Waals surface area contributed by atoms with Gasteiger partial charge in [0.05, 0.1) is 0 Å². The number of fused-ring (bicyclic) bond motifs is 1. The van der Waals surface area contributed by atoms with Crippen LogP contribution in [0.15, 0.2) is 54.6 Å². The van der Waals surface area contributed by atoms with Crippen LogP contribution in [-0.4, -0.2) is 10.9 Å². The van der Waals surface area contributed by atoms with E-state index in [1.165, 1.54) is 5.56 Å². The van der Waals surface area contributed by atoms with Gasteiger partial charge < -0.3 is 5.73 Å². The zero-order valence-corrected chi connectivity index (χ0v) is 14.1. The normalized spacial score (nSPS) is 10.9. The molecule has 0 spiro atoms. The first-order valence-electron chi connectivity index (χ1n) is 8.07. The van der Waals surface area contributed by atoms with E-state index in [0.29, 0.717) is 5.69 Å². The van der Waals surface area contributed by atoms with E-state index >= 15 is 0 Å². The van der Waals surface area contributed by atoms with E-state index in [2.05, 4.69) is 11.1 Å². The number of benzene rings is 2. The van der Waals surface area contributed by atoms with Crippen LogP contribution < -0.4 is 5.73 Å². The van der Waals surface area contributed by atoms with Gasteiger partial charge in [-0.25, -0.2) is 4.98 Å². The van der Waals surface area contributed by atoms with Crippen LogP contribution in [0.5, 0.6) is 0 Å². The van der Waals surface area contributed by atoms with Crippen molar-refractivity contribution in [3.05, 3.63) is 76.6 Å². The van der Waals surface area contributed by atoms with Gasteiger partial charge >= 0.3 is 0 Å². The molecule has 1 heterocycles. The number of nitrogens with two attached hydrogens (primary N) is 1. The van der Waals surface area contributed by atoms with E-state index in [-0.39, 0.29) is 0 Å². The van der Waals surface area contributed by atoms with Crippen LogP contribution in [0.4, 0.5) is 0 Å².